The summed E-state index contributed by atoms with van der Waals surface area (Å²) in [5, 5.41) is 3.43. The molecule has 12 heavy (non-hydrogen) atoms. The van der Waals surface area contributed by atoms with Gasteiger partial charge in [-0.3, -0.25) is 0 Å². The molecule has 0 unspecified atom stereocenters. The van der Waals surface area contributed by atoms with Crippen molar-refractivity contribution in [3.05, 3.63) is 17.5 Å². The summed E-state index contributed by atoms with van der Waals surface area (Å²) in [7, 11) is 0. The summed E-state index contributed by atoms with van der Waals surface area (Å²) < 4.78 is 0. The van der Waals surface area contributed by atoms with Crippen molar-refractivity contribution in [3.63, 3.8) is 0 Å². The van der Waals surface area contributed by atoms with Gasteiger partial charge < -0.3 is 11.1 Å². The Bertz CT molecular complexity index is 241. The van der Waals surface area contributed by atoms with Crippen LogP contribution in [0, 0.1) is 0 Å². The van der Waals surface area contributed by atoms with Crippen molar-refractivity contribution in [2.24, 2.45) is 5.73 Å². The van der Waals surface area contributed by atoms with Gasteiger partial charge in [0.05, 0.1) is 0 Å². The molecule has 0 aliphatic rings. The zero-order valence-corrected chi connectivity index (χ0v) is 7.38. The molecule has 0 aliphatic heterocycles. The Morgan fingerprint density at radius 3 is 2.83 bits per heavy atom. The van der Waals surface area contributed by atoms with E-state index in [4.69, 9.17) is 17.3 Å². The first-order chi connectivity index (χ1) is 5.84. The minimum atomic E-state index is 0.398. The molecule has 4 nitrogen and oxygen atoms in total. The highest BCUT2D eigenvalue weighted by Crippen LogP contribution is 2.13. The molecule has 0 atom stereocenters. The summed E-state index contributed by atoms with van der Waals surface area (Å²) >= 11 is 5.74. The van der Waals surface area contributed by atoms with Gasteiger partial charge in [0.1, 0.15) is 0 Å². The smallest absolute Gasteiger partial charge is 0.171 e. The van der Waals surface area contributed by atoms with Crippen LogP contribution in [0.15, 0.2) is 12.4 Å². The van der Waals surface area contributed by atoms with E-state index in [0.717, 1.165) is 13.0 Å². The summed E-state index contributed by atoms with van der Waals surface area (Å²) in [6.45, 7) is 1.43. The molecule has 0 saturated carbocycles. The molecule has 3 N–H and O–H groups in total. The largest absolute Gasteiger partial charge is 0.367 e. The quantitative estimate of drug-likeness (QED) is 0.686. The lowest BCUT2D eigenvalue weighted by molar-refractivity contribution is 0.869. The van der Waals surface area contributed by atoms with Crippen LogP contribution < -0.4 is 11.1 Å². The first-order valence-corrected chi connectivity index (χ1v) is 4.13. The molecule has 0 aliphatic carbocycles. The maximum absolute atomic E-state index is 5.74. The molecular formula is C7H11ClN4. The van der Waals surface area contributed by atoms with Crippen LogP contribution in [0.1, 0.15) is 6.42 Å². The van der Waals surface area contributed by atoms with Crippen LogP contribution in [0.25, 0.3) is 0 Å². The molecule has 0 saturated heterocycles. The molecule has 1 heterocycles. The highest BCUT2D eigenvalue weighted by molar-refractivity contribution is 6.31. The van der Waals surface area contributed by atoms with Gasteiger partial charge in [0.25, 0.3) is 0 Å². The molecule has 5 heteroatoms. The normalized spacial score (nSPS) is 9.83. The van der Waals surface area contributed by atoms with E-state index in [9.17, 15) is 0 Å². The average molecular weight is 187 g/mol. The lowest BCUT2D eigenvalue weighted by Crippen LogP contribution is -2.09. The molecule has 0 radical (unpaired) electrons. The van der Waals surface area contributed by atoms with Gasteiger partial charge in [-0.25, -0.2) is 9.97 Å². The fourth-order valence-corrected chi connectivity index (χ4v) is 0.920. The fourth-order valence-electron chi connectivity index (χ4n) is 0.748. The predicted octanol–water partition coefficient (Wildman–Crippen LogP) is 0.891. The topological polar surface area (TPSA) is 63.8 Å². The molecule has 66 valence electrons. The second-order valence-electron chi connectivity index (χ2n) is 2.26. The molecule has 0 spiro atoms. The third-order valence-corrected chi connectivity index (χ3v) is 1.60. The number of nitrogens with two attached hydrogens (primary N) is 1. The van der Waals surface area contributed by atoms with E-state index < -0.39 is 0 Å². The number of rotatable bonds is 4. The Balaban J connectivity index is 2.46. The Hall–Kier alpha value is -0.870. The molecule has 0 aromatic carbocycles. The molecule has 1 aromatic heterocycles. The van der Waals surface area contributed by atoms with Crippen molar-refractivity contribution < 1.29 is 0 Å². The van der Waals surface area contributed by atoms with Crippen LogP contribution in [0.2, 0.25) is 5.15 Å². The van der Waals surface area contributed by atoms with Gasteiger partial charge in [0.15, 0.2) is 11.0 Å². The maximum atomic E-state index is 5.74. The first kappa shape index (κ1) is 9.22. The van der Waals surface area contributed by atoms with Crippen LogP contribution in [0.5, 0.6) is 0 Å². The second-order valence-corrected chi connectivity index (χ2v) is 2.62. The van der Waals surface area contributed by atoms with Crippen molar-refractivity contribution in [1.82, 2.24) is 9.97 Å². The van der Waals surface area contributed by atoms with E-state index in [2.05, 4.69) is 15.3 Å². The van der Waals surface area contributed by atoms with Gasteiger partial charge in [-0.2, -0.15) is 0 Å². The highest BCUT2D eigenvalue weighted by Gasteiger charge is 1.98. The van der Waals surface area contributed by atoms with Crippen molar-refractivity contribution >= 4 is 17.4 Å². The Kier molecular flexibility index (Phi) is 3.76. The van der Waals surface area contributed by atoms with Gasteiger partial charge in [-0.05, 0) is 13.0 Å². The van der Waals surface area contributed by atoms with Crippen LogP contribution in [-0.4, -0.2) is 23.1 Å². The number of halogens is 1. The first-order valence-electron chi connectivity index (χ1n) is 3.75. The van der Waals surface area contributed by atoms with Crippen molar-refractivity contribution in [3.8, 4) is 0 Å². The SMILES string of the molecule is NCCCNc1nccnc1Cl. The third-order valence-electron chi connectivity index (χ3n) is 1.33. The van der Waals surface area contributed by atoms with Gasteiger partial charge in [0, 0.05) is 18.9 Å². The lowest BCUT2D eigenvalue weighted by Gasteiger charge is -2.04. The lowest BCUT2D eigenvalue weighted by atomic mass is 10.4. The zero-order valence-electron chi connectivity index (χ0n) is 6.63. The Labute approximate surface area is 76.2 Å². The summed E-state index contributed by atoms with van der Waals surface area (Å²) in [6.07, 6.45) is 4.04. The number of nitrogens with one attached hydrogen (secondary N) is 1. The highest BCUT2D eigenvalue weighted by atomic mass is 35.5. The van der Waals surface area contributed by atoms with Crippen LogP contribution >= 0.6 is 11.6 Å². The summed E-state index contributed by atoms with van der Waals surface area (Å²) in [5.74, 6) is 0.618. The Morgan fingerprint density at radius 1 is 1.42 bits per heavy atom. The minimum absolute atomic E-state index is 0.398. The maximum Gasteiger partial charge on any atom is 0.171 e. The minimum Gasteiger partial charge on any atom is -0.367 e. The van der Waals surface area contributed by atoms with Gasteiger partial charge >= 0.3 is 0 Å². The fraction of sp³-hybridized carbons (Fsp3) is 0.429. The van der Waals surface area contributed by atoms with Crippen LogP contribution in [0.3, 0.4) is 0 Å². The number of hydrogen-bond donors (Lipinski definition) is 2. The monoisotopic (exact) mass is 186 g/mol. The number of hydrogen-bond acceptors (Lipinski definition) is 4. The van der Waals surface area contributed by atoms with E-state index in [1.807, 2.05) is 0 Å². The van der Waals surface area contributed by atoms with Gasteiger partial charge in [-0.1, -0.05) is 11.6 Å². The molecule has 0 bridgehead atoms. The predicted molar refractivity (Wildman–Crippen MR) is 49.2 cm³/mol. The molecule has 1 rings (SSSR count). The van der Waals surface area contributed by atoms with Gasteiger partial charge in [0.2, 0.25) is 0 Å². The van der Waals surface area contributed by atoms with Crippen molar-refractivity contribution in [2.45, 2.75) is 6.42 Å². The zero-order chi connectivity index (χ0) is 8.81. The number of nitrogens with zero attached hydrogens (tertiary/aromatic N) is 2. The molecular weight excluding hydrogens is 176 g/mol. The van der Waals surface area contributed by atoms with Crippen LogP contribution in [-0.2, 0) is 0 Å². The standard InChI is InChI=1S/C7H11ClN4/c8-6-7(11-3-1-2-9)12-5-4-10-6/h4-5H,1-3,9H2,(H,11,12). The van der Waals surface area contributed by atoms with Crippen LogP contribution in [0.4, 0.5) is 5.82 Å². The summed E-state index contributed by atoms with van der Waals surface area (Å²) in [4.78, 5) is 7.87. The molecule has 0 amide bonds. The second kappa shape index (κ2) is 4.90. The number of aromatic nitrogens is 2. The third kappa shape index (κ3) is 2.64. The van der Waals surface area contributed by atoms with E-state index in [1.54, 1.807) is 12.4 Å². The molecule has 0 fully saturated rings. The Morgan fingerprint density at radius 2 is 2.17 bits per heavy atom. The van der Waals surface area contributed by atoms with E-state index >= 15 is 0 Å². The molecule has 1 aromatic rings. The van der Waals surface area contributed by atoms with E-state index in [-0.39, 0.29) is 0 Å². The van der Waals surface area contributed by atoms with Crippen molar-refractivity contribution in [2.75, 3.05) is 18.4 Å². The number of anilines is 1. The summed E-state index contributed by atoms with van der Waals surface area (Å²) in [5.41, 5.74) is 5.32. The van der Waals surface area contributed by atoms with Crippen molar-refractivity contribution in [1.29, 1.82) is 0 Å². The van der Waals surface area contributed by atoms with Gasteiger partial charge in [-0.15, -0.1) is 0 Å². The van der Waals surface area contributed by atoms with E-state index in [0.29, 0.717) is 17.5 Å². The van der Waals surface area contributed by atoms with E-state index in [1.165, 1.54) is 0 Å². The average Bonchev–Trinajstić information content (AvgIpc) is 2.09. The summed E-state index contributed by atoms with van der Waals surface area (Å²) in [6, 6.07) is 0.